The Labute approximate surface area is 216 Å². The van der Waals surface area contributed by atoms with Crippen LogP contribution in [0.15, 0.2) is 41.5 Å². The Morgan fingerprint density at radius 1 is 1.16 bits per heavy atom. The molecule has 1 amide bonds. The van der Waals surface area contributed by atoms with Gasteiger partial charge in [0.05, 0.1) is 23.1 Å². The van der Waals surface area contributed by atoms with Gasteiger partial charge in [-0.3, -0.25) is 9.79 Å². The van der Waals surface area contributed by atoms with E-state index < -0.39 is 40.7 Å². The van der Waals surface area contributed by atoms with Gasteiger partial charge >= 0.3 is 12.1 Å². The number of amides is 1. The topological polar surface area (TPSA) is 93.8 Å². The van der Waals surface area contributed by atoms with Crippen molar-refractivity contribution in [2.24, 2.45) is 10.7 Å². The van der Waals surface area contributed by atoms with Gasteiger partial charge in [-0.05, 0) is 57.4 Å². The normalized spacial score (nSPS) is 15.8. The second-order valence-electron chi connectivity index (χ2n) is 8.99. The Bertz CT molecular complexity index is 1280. The lowest BCUT2D eigenvalue weighted by atomic mass is 9.92. The van der Waals surface area contributed by atoms with E-state index in [0.29, 0.717) is 18.6 Å². The van der Waals surface area contributed by atoms with Gasteiger partial charge in [0.2, 0.25) is 5.91 Å². The molecule has 1 aliphatic rings. The van der Waals surface area contributed by atoms with Crippen molar-refractivity contribution < 1.29 is 36.3 Å². The lowest BCUT2D eigenvalue weighted by molar-refractivity contribution is -0.137. The molecule has 1 aliphatic carbocycles. The quantitative estimate of drug-likeness (QED) is 0.233. The van der Waals surface area contributed by atoms with Crippen molar-refractivity contribution in [2.45, 2.75) is 57.7 Å². The van der Waals surface area contributed by atoms with E-state index in [0.717, 1.165) is 18.3 Å². The Morgan fingerprint density at radius 2 is 1.84 bits per heavy atom. The number of esters is 1. The van der Waals surface area contributed by atoms with Gasteiger partial charge in [0.1, 0.15) is 11.6 Å². The molecule has 3 N–H and O–H groups in total. The van der Waals surface area contributed by atoms with Gasteiger partial charge in [-0.15, -0.1) is 0 Å². The minimum Gasteiger partial charge on any atom is -0.462 e. The van der Waals surface area contributed by atoms with Crippen molar-refractivity contribution >= 4 is 29.4 Å². The Hall–Kier alpha value is -3.76. The van der Waals surface area contributed by atoms with E-state index in [9.17, 15) is 27.2 Å². The highest BCUT2D eigenvalue weighted by Crippen LogP contribution is 2.50. The largest absolute Gasteiger partial charge is 0.462 e. The van der Waals surface area contributed by atoms with Crippen LogP contribution < -0.4 is 11.1 Å². The van der Waals surface area contributed by atoms with E-state index in [2.05, 4.69) is 10.3 Å². The maximum atomic E-state index is 15.4. The molecule has 2 aromatic rings. The third kappa shape index (κ3) is 6.03. The van der Waals surface area contributed by atoms with Gasteiger partial charge in [-0.1, -0.05) is 13.0 Å². The number of benzene rings is 2. The average Bonchev–Trinajstić information content (AvgIpc) is 3.66. The number of halogens is 5. The fraction of sp³-hybridized carbons (Fsp3) is 0.370. The van der Waals surface area contributed by atoms with Gasteiger partial charge in [-0.25, -0.2) is 13.6 Å². The first kappa shape index (κ1) is 28.8. The molecule has 0 aliphatic heterocycles. The van der Waals surface area contributed by atoms with Gasteiger partial charge < -0.3 is 15.8 Å². The first-order valence-corrected chi connectivity index (χ1v) is 12.0. The first-order valence-electron chi connectivity index (χ1n) is 12.0. The van der Waals surface area contributed by atoms with Crippen molar-refractivity contribution in [3.63, 3.8) is 0 Å². The number of rotatable bonds is 9. The van der Waals surface area contributed by atoms with Crippen LogP contribution in [0.5, 0.6) is 0 Å². The highest BCUT2D eigenvalue weighted by molar-refractivity contribution is 6.14. The van der Waals surface area contributed by atoms with Crippen LogP contribution in [0.25, 0.3) is 5.57 Å². The van der Waals surface area contributed by atoms with Crippen molar-refractivity contribution in [1.29, 1.82) is 0 Å². The monoisotopic (exact) mass is 537 g/mol. The zero-order chi connectivity index (χ0) is 28.3. The van der Waals surface area contributed by atoms with E-state index in [1.54, 1.807) is 6.92 Å². The molecule has 2 aromatic carbocycles. The number of nitrogens with one attached hydrogen (secondary N) is 1. The summed E-state index contributed by atoms with van der Waals surface area (Å²) in [5.41, 5.74) is 2.52. The fourth-order valence-electron chi connectivity index (χ4n) is 3.92. The maximum absolute atomic E-state index is 15.4. The standard InChI is InChI=1S/C27H28F5N3O3/c1-4-15(3)34-14-16(13-33)23-19(24(36)38-5-2)11-18(12-22(23)29)35-25(37)26(8-9-26)20-7-6-17(10-21(20)28)27(30,31)32/h6-7,10-15H,4-5,8-9,33H2,1-3H3,(H,35,37)/t15-/m1/s1. The minimum absolute atomic E-state index is 0.00454. The van der Waals surface area contributed by atoms with Gasteiger partial charge in [0.25, 0.3) is 0 Å². The molecule has 0 radical (unpaired) electrons. The lowest BCUT2D eigenvalue weighted by Crippen LogP contribution is -2.29. The molecular formula is C27H28F5N3O3. The summed E-state index contributed by atoms with van der Waals surface area (Å²) in [5.74, 6) is -3.68. The van der Waals surface area contributed by atoms with Crippen molar-refractivity contribution in [2.75, 3.05) is 11.9 Å². The second-order valence-corrected chi connectivity index (χ2v) is 8.99. The molecule has 0 spiro atoms. The number of allylic oxidation sites excluding steroid dienone is 1. The number of hydrogen-bond acceptors (Lipinski definition) is 5. The van der Waals surface area contributed by atoms with Crippen LogP contribution in [0, 0.1) is 11.6 Å². The number of nitrogens with two attached hydrogens (primary N) is 1. The van der Waals surface area contributed by atoms with Crippen molar-refractivity contribution in [3.05, 3.63) is 70.4 Å². The Kier molecular flexibility index (Phi) is 8.58. The van der Waals surface area contributed by atoms with Crippen LogP contribution in [0.4, 0.5) is 27.6 Å². The Morgan fingerprint density at radius 3 is 2.37 bits per heavy atom. The molecule has 11 heteroatoms. The highest BCUT2D eigenvalue weighted by Gasteiger charge is 2.53. The third-order valence-electron chi connectivity index (χ3n) is 6.37. The Balaban J connectivity index is 1.98. The summed E-state index contributed by atoms with van der Waals surface area (Å²) in [6.45, 7) is 5.33. The summed E-state index contributed by atoms with van der Waals surface area (Å²) in [5, 5.41) is 2.48. The summed E-state index contributed by atoms with van der Waals surface area (Å²) in [4.78, 5) is 30.1. The molecule has 0 aromatic heterocycles. The van der Waals surface area contributed by atoms with Crippen LogP contribution in [0.1, 0.15) is 67.1 Å². The molecule has 3 rings (SSSR count). The molecule has 1 saturated carbocycles. The van der Waals surface area contributed by atoms with E-state index >= 15 is 4.39 Å². The molecule has 6 nitrogen and oxygen atoms in total. The molecule has 1 atom stereocenters. The van der Waals surface area contributed by atoms with Gasteiger partial charge in [0.15, 0.2) is 0 Å². The van der Waals surface area contributed by atoms with E-state index in [-0.39, 0.29) is 53.4 Å². The summed E-state index contributed by atoms with van der Waals surface area (Å²) in [6, 6.07) is 4.08. The second kappa shape index (κ2) is 11.3. The molecular weight excluding hydrogens is 509 g/mol. The zero-order valence-electron chi connectivity index (χ0n) is 21.1. The number of aliphatic imine (C=N–C) groups is 1. The maximum Gasteiger partial charge on any atom is 0.416 e. The summed E-state index contributed by atoms with van der Waals surface area (Å²) >= 11 is 0. The molecule has 1 fully saturated rings. The zero-order valence-corrected chi connectivity index (χ0v) is 21.1. The van der Waals surface area contributed by atoms with Crippen molar-refractivity contribution in [1.82, 2.24) is 0 Å². The van der Waals surface area contributed by atoms with Crippen LogP contribution in [0.2, 0.25) is 0 Å². The van der Waals surface area contributed by atoms with E-state index in [1.165, 1.54) is 12.3 Å². The number of hydrogen-bond donors (Lipinski definition) is 2. The van der Waals surface area contributed by atoms with E-state index in [4.69, 9.17) is 10.5 Å². The molecule has 0 heterocycles. The van der Waals surface area contributed by atoms with Crippen molar-refractivity contribution in [3.8, 4) is 0 Å². The highest BCUT2D eigenvalue weighted by atomic mass is 19.4. The van der Waals surface area contributed by atoms with Gasteiger partial charge in [0, 0.05) is 40.8 Å². The third-order valence-corrected chi connectivity index (χ3v) is 6.37. The smallest absolute Gasteiger partial charge is 0.416 e. The molecule has 38 heavy (non-hydrogen) atoms. The van der Waals surface area contributed by atoms with Crippen LogP contribution in [-0.2, 0) is 21.1 Å². The average molecular weight is 538 g/mol. The van der Waals surface area contributed by atoms with Crippen LogP contribution >= 0.6 is 0 Å². The first-order chi connectivity index (χ1) is 17.9. The SMILES string of the molecule is CCOC(=O)c1cc(NC(=O)C2(c3ccc(C(F)(F)F)cc3F)CC2)cc(F)c1C(C=N[C@H](C)CC)=CN. The lowest BCUT2D eigenvalue weighted by Gasteiger charge is -2.19. The summed E-state index contributed by atoms with van der Waals surface area (Å²) in [7, 11) is 0. The fourth-order valence-corrected chi connectivity index (χ4v) is 3.92. The number of ether oxygens (including phenoxy) is 1. The predicted octanol–water partition coefficient (Wildman–Crippen LogP) is 6.00. The summed E-state index contributed by atoms with van der Waals surface area (Å²) in [6.07, 6.45) is -1.22. The minimum atomic E-state index is -4.74. The number of carbonyl (C=O) groups is 2. The number of nitrogens with zero attached hydrogens (tertiary/aromatic N) is 1. The number of anilines is 1. The van der Waals surface area contributed by atoms with Crippen LogP contribution in [0.3, 0.4) is 0 Å². The summed E-state index contributed by atoms with van der Waals surface area (Å²) < 4.78 is 73.9. The van der Waals surface area contributed by atoms with Gasteiger partial charge in [-0.2, -0.15) is 13.2 Å². The number of carbonyl (C=O) groups excluding carboxylic acids is 2. The van der Waals surface area contributed by atoms with Crippen LogP contribution in [-0.4, -0.2) is 30.7 Å². The number of alkyl halides is 3. The molecule has 0 bridgehead atoms. The molecule has 204 valence electrons. The predicted molar refractivity (Wildman–Crippen MR) is 134 cm³/mol. The molecule has 0 saturated heterocycles. The molecule has 0 unspecified atom stereocenters. The van der Waals surface area contributed by atoms with E-state index in [1.807, 2.05) is 13.8 Å².